The second-order valence-corrected chi connectivity index (χ2v) is 11.5. The Bertz CT molecular complexity index is 1550. The van der Waals surface area contributed by atoms with Crippen LogP contribution in [0.1, 0.15) is 35.1 Å². The third-order valence-corrected chi connectivity index (χ3v) is 8.56. The Balaban J connectivity index is 1.30. The minimum atomic E-state index is -0.787. The van der Waals surface area contributed by atoms with Crippen LogP contribution in [0.3, 0.4) is 0 Å². The number of benzene rings is 3. The molecule has 3 atom stereocenters. The number of amides is 4. The zero-order valence-corrected chi connectivity index (χ0v) is 24.8. The summed E-state index contributed by atoms with van der Waals surface area (Å²) in [7, 11) is 0. The zero-order chi connectivity index (χ0) is 30.8. The van der Waals surface area contributed by atoms with Crippen LogP contribution < -0.4 is 10.1 Å². The molecule has 0 aromatic heterocycles. The SMILES string of the molecule is C=CCN(C(=O)NCc1ccccc1)N1CC(=O)N2[C@@H](Cc3ccc(O)cc3)C(=O)N(Cc3cccc4c3OCC4C)C[C@@H]21. The minimum Gasteiger partial charge on any atom is -0.508 e. The van der Waals surface area contributed by atoms with Crippen LogP contribution in [-0.4, -0.2) is 81.2 Å². The van der Waals surface area contributed by atoms with Crippen LogP contribution in [0.2, 0.25) is 0 Å². The molecule has 6 rings (SSSR count). The molecule has 3 aliphatic heterocycles. The van der Waals surface area contributed by atoms with Gasteiger partial charge in [0.1, 0.15) is 23.7 Å². The van der Waals surface area contributed by atoms with Crippen LogP contribution in [0.25, 0.3) is 0 Å². The van der Waals surface area contributed by atoms with E-state index < -0.39 is 12.2 Å². The summed E-state index contributed by atoms with van der Waals surface area (Å²) in [5.74, 6) is 0.814. The van der Waals surface area contributed by atoms with Gasteiger partial charge in [-0.25, -0.2) is 4.79 Å². The molecular formula is C34H37N5O5. The molecule has 0 saturated carbocycles. The van der Waals surface area contributed by atoms with Gasteiger partial charge in [0.25, 0.3) is 0 Å². The fourth-order valence-corrected chi connectivity index (χ4v) is 6.33. The quantitative estimate of drug-likeness (QED) is 0.366. The van der Waals surface area contributed by atoms with Gasteiger partial charge in [-0.05, 0) is 23.3 Å². The summed E-state index contributed by atoms with van der Waals surface area (Å²) in [6, 6.07) is 21.2. The number of phenolic OH excluding ortho intramolecular Hbond substituents is 1. The third kappa shape index (κ3) is 5.72. The van der Waals surface area contributed by atoms with Crippen molar-refractivity contribution in [2.75, 3.05) is 26.2 Å². The lowest BCUT2D eigenvalue weighted by Crippen LogP contribution is -2.66. The van der Waals surface area contributed by atoms with Crippen LogP contribution >= 0.6 is 0 Å². The predicted octanol–water partition coefficient (Wildman–Crippen LogP) is 3.62. The summed E-state index contributed by atoms with van der Waals surface area (Å²) in [6.07, 6.45) is 1.33. The summed E-state index contributed by atoms with van der Waals surface area (Å²) >= 11 is 0. The summed E-state index contributed by atoms with van der Waals surface area (Å²) in [4.78, 5) is 44.8. The number of hydrazine groups is 1. The van der Waals surface area contributed by atoms with E-state index in [0.717, 1.165) is 28.0 Å². The number of nitrogens with zero attached hydrogens (tertiary/aromatic N) is 4. The second kappa shape index (κ2) is 12.4. The van der Waals surface area contributed by atoms with Crippen molar-refractivity contribution in [1.82, 2.24) is 25.1 Å². The van der Waals surface area contributed by atoms with Gasteiger partial charge >= 0.3 is 6.03 Å². The molecule has 10 nitrogen and oxygen atoms in total. The molecule has 3 aromatic rings. The van der Waals surface area contributed by atoms with Crippen molar-refractivity contribution in [3.05, 3.63) is 108 Å². The molecule has 0 bridgehead atoms. The molecule has 3 aromatic carbocycles. The molecule has 2 N–H and O–H groups in total. The van der Waals surface area contributed by atoms with Gasteiger partial charge in [0.2, 0.25) is 11.8 Å². The number of phenols is 1. The average molecular weight is 596 g/mol. The van der Waals surface area contributed by atoms with Crippen LogP contribution in [0.4, 0.5) is 4.79 Å². The van der Waals surface area contributed by atoms with Gasteiger partial charge in [-0.2, -0.15) is 5.01 Å². The molecule has 10 heteroatoms. The fourth-order valence-electron chi connectivity index (χ4n) is 6.33. The Morgan fingerprint density at radius 2 is 1.84 bits per heavy atom. The maximum Gasteiger partial charge on any atom is 0.332 e. The number of ether oxygens (including phenoxy) is 1. The molecule has 0 radical (unpaired) electrons. The number of piperazine rings is 1. The molecule has 3 aliphatic rings. The Hall–Kier alpha value is -4.83. The van der Waals surface area contributed by atoms with E-state index >= 15 is 0 Å². The highest BCUT2D eigenvalue weighted by Gasteiger charge is 2.52. The molecule has 0 aliphatic carbocycles. The summed E-state index contributed by atoms with van der Waals surface area (Å²) in [6.45, 7) is 7.56. The lowest BCUT2D eigenvalue weighted by molar-refractivity contribution is -0.157. The fraction of sp³-hybridized carbons (Fsp3) is 0.324. The van der Waals surface area contributed by atoms with Crippen molar-refractivity contribution in [3.63, 3.8) is 0 Å². The Morgan fingerprint density at radius 3 is 2.59 bits per heavy atom. The van der Waals surface area contributed by atoms with Crippen molar-refractivity contribution < 1.29 is 24.2 Å². The van der Waals surface area contributed by atoms with Crippen LogP contribution in [0, 0.1) is 0 Å². The van der Waals surface area contributed by atoms with E-state index in [2.05, 4.69) is 24.9 Å². The molecule has 44 heavy (non-hydrogen) atoms. The number of para-hydroxylation sites is 1. The lowest BCUT2D eigenvalue weighted by Gasteiger charge is -2.46. The van der Waals surface area contributed by atoms with Crippen LogP contribution in [-0.2, 0) is 29.1 Å². The van der Waals surface area contributed by atoms with E-state index in [1.54, 1.807) is 45.2 Å². The largest absolute Gasteiger partial charge is 0.508 e. The maximum atomic E-state index is 14.2. The molecule has 2 fully saturated rings. The van der Waals surface area contributed by atoms with Crippen molar-refractivity contribution in [1.29, 1.82) is 0 Å². The number of carbonyl (C=O) groups excluding carboxylic acids is 3. The first-order valence-corrected chi connectivity index (χ1v) is 14.9. The van der Waals surface area contributed by atoms with Gasteiger partial charge < -0.3 is 25.0 Å². The van der Waals surface area contributed by atoms with Gasteiger partial charge in [-0.1, -0.05) is 73.7 Å². The van der Waals surface area contributed by atoms with Gasteiger partial charge in [-0.3, -0.25) is 14.6 Å². The smallest absolute Gasteiger partial charge is 0.332 e. The number of aromatic hydroxyl groups is 1. The van der Waals surface area contributed by atoms with E-state index in [0.29, 0.717) is 19.7 Å². The van der Waals surface area contributed by atoms with Gasteiger partial charge in [-0.15, -0.1) is 6.58 Å². The van der Waals surface area contributed by atoms with E-state index in [4.69, 9.17) is 4.74 Å². The topological polar surface area (TPSA) is 106 Å². The summed E-state index contributed by atoms with van der Waals surface area (Å²) in [5, 5.41) is 16.0. The van der Waals surface area contributed by atoms with E-state index in [1.165, 1.54) is 5.01 Å². The molecule has 2 saturated heterocycles. The standard InChI is InChI=1S/C34H37N5O5/c1-3-16-37(34(43)35-18-25-8-5-4-6-9-25)38-21-31(41)39-29(17-24-12-14-27(40)15-13-24)33(42)36(20-30(38)39)19-26-10-7-11-28-23(2)22-44-32(26)28/h3-15,23,29-30,40H,1,16-22H2,2H3,(H,35,43)/t23?,29-,30+/m0/s1. The number of fused-ring (bicyclic) bond motifs is 2. The first-order valence-electron chi connectivity index (χ1n) is 14.9. The number of carbonyl (C=O) groups is 3. The first-order chi connectivity index (χ1) is 21.3. The molecule has 228 valence electrons. The number of rotatable bonds is 9. The number of hydrogen-bond acceptors (Lipinski definition) is 6. The second-order valence-electron chi connectivity index (χ2n) is 11.5. The monoisotopic (exact) mass is 595 g/mol. The molecule has 3 heterocycles. The predicted molar refractivity (Wildman–Crippen MR) is 164 cm³/mol. The molecule has 4 amide bonds. The number of nitrogens with one attached hydrogen (secondary N) is 1. The Labute approximate surface area is 257 Å². The third-order valence-electron chi connectivity index (χ3n) is 8.56. The Morgan fingerprint density at radius 1 is 1.07 bits per heavy atom. The summed E-state index contributed by atoms with van der Waals surface area (Å²) < 4.78 is 6.03. The van der Waals surface area contributed by atoms with Crippen molar-refractivity contribution >= 4 is 17.8 Å². The average Bonchev–Trinajstić information content (AvgIpc) is 3.57. The zero-order valence-electron chi connectivity index (χ0n) is 24.8. The minimum absolute atomic E-state index is 0.0498. The van der Waals surface area contributed by atoms with Crippen LogP contribution in [0.5, 0.6) is 11.5 Å². The first kappa shape index (κ1) is 29.3. The highest BCUT2D eigenvalue weighted by Crippen LogP contribution is 2.38. The highest BCUT2D eigenvalue weighted by molar-refractivity contribution is 5.92. The van der Waals surface area contributed by atoms with E-state index in [-0.39, 0.29) is 55.6 Å². The lowest BCUT2D eigenvalue weighted by atomic mass is 9.98. The number of hydrogen-bond donors (Lipinski definition) is 2. The van der Waals surface area contributed by atoms with Gasteiger partial charge in [0.05, 0.1) is 26.2 Å². The summed E-state index contributed by atoms with van der Waals surface area (Å²) in [5.41, 5.74) is 3.80. The molecular weight excluding hydrogens is 558 g/mol. The molecule has 1 unspecified atom stereocenters. The van der Waals surface area contributed by atoms with Crippen molar-refractivity contribution in [2.45, 2.75) is 44.6 Å². The van der Waals surface area contributed by atoms with Crippen molar-refractivity contribution in [3.8, 4) is 11.5 Å². The Kier molecular flexibility index (Phi) is 8.25. The highest BCUT2D eigenvalue weighted by atomic mass is 16.5. The number of urea groups is 1. The van der Waals surface area contributed by atoms with Crippen molar-refractivity contribution in [2.24, 2.45) is 0 Å². The molecule has 0 spiro atoms. The van der Waals surface area contributed by atoms with E-state index in [1.807, 2.05) is 42.5 Å². The van der Waals surface area contributed by atoms with Gasteiger partial charge in [0.15, 0.2) is 0 Å². The normalized spacial score (nSPS) is 21.1. The maximum absolute atomic E-state index is 14.2. The van der Waals surface area contributed by atoms with Gasteiger partial charge in [0, 0.05) is 36.6 Å². The van der Waals surface area contributed by atoms with E-state index in [9.17, 15) is 19.5 Å². The van der Waals surface area contributed by atoms with Crippen LogP contribution in [0.15, 0.2) is 85.5 Å².